The smallest absolute Gasteiger partial charge is 0.265 e. The van der Waals surface area contributed by atoms with E-state index in [-0.39, 0.29) is 10.7 Å². The molecule has 21 heavy (non-hydrogen) atoms. The van der Waals surface area contributed by atoms with Gasteiger partial charge in [-0.3, -0.25) is 9.40 Å². The normalized spacial score (nSPS) is 12.4. The first kappa shape index (κ1) is 15.3. The second-order valence-electron chi connectivity index (χ2n) is 4.14. The molecule has 1 aromatic heterocycles. The highest BCUT2D eigenvalue weighted by molar-refractivity contribution is 9.10. The van der Waals surface area contributed by atoms with Crippen molar-refractivity contribution in [3.63, 3.8) is 0 Å². The van der Waals surface area contributed by atoms with E-state index in [2.05, 4.69) is 30.9 Å². The largest absolute Gasteiger partial charge is 0.409 e. The summed E-state index contributed by atoms with van der Waals surface area (Å²) in [5.74, 6) is -0.0719. The van der Waals surface area contributed by atoms with E-state index in [1.165, 1.54) is 35.3 Å². The Labute approximate surface area is 129 Å². The molecule has 0 aliphatic carbocycles. The highest BCUT2D eigenvalue weighted by Gasteiger charge is 2.17. The van der Waals surface area contributed by atoms with Crippen molar-refractivity contribution < 1.29 is 13.6 Å². The summed E-state index contributed by atoms with van der Waals surface area (Å²) in [7, 11) is -2.10. The van der Waals surface area contributed by atoms with Gasteiger partial charge in [0.2, 0.25) is 0 Å². The summed E-state index contributed by atoms with van der Waals surface area (Å²) in [5, 5.41) is 15.3. The molecule has 0 amide bonds. The summed E-state index contributed by atoms with van der Waals surface area (Å²) in [5.41, 5.74) is 6.24. The minimum atomic E-state index is -3.73. The number of sulfonamides is 1. The first-order valence-electron chi connectivity index (χ1n) is 5.62. The minimum Gasteiger partial charge on any atom is -0.409 e. The Kier molecular flexibility index (Phi) is 4.19. The molecule has 8 nitrogen and oxygen atoms in total. The molecule has 2 rings (SSSR count). The molecule has 2 aromatic rings. The molecule has 0 radical (unpaired) electrons. The molecule has 0 aliphatic rings. The van der Waals surface area contributed by atoms with Crippen LogP contribution in [0.1, 0.15) is 5.56 Å². The Bertz CT molecular complexity index is 800. The summed E-state index contributed by atoms with van der Waals surface area (Å²) in [4.78, 5) is 0.0532. The van der Waals surface area contributed by atoms with E-state index >= 15 is 0 Å². The zero-order chi connectivity index (χ0) is 15.6. The number of anilines is 1. The van der Waals surface area contributed by atoms with Gasteiger partial charge in [0, 0.05) is 23.3 Å². The Morgan fingerprint density at radius 2 is 2.24 bits per heavy atom. The molecule has 0 aliphatic heterocycles. The summed E-state index contributed by atoms with van der Waals surface area (Å²) < 4.78 is 28.6. The summed E-state index contributed by atoms with van der Waals surface area (Å²) in [6.07, 6.45) is 2.64. The molecular formula is C11H12BrN5O3S. The fourth-order valence-electron chi connectivity index (χ4n) is 1.56. The van der Waals surface area contributed by atoms with Crippen molar-refractivity contribution in [3.8, 4) is 0 Å². The number of halogens is 1. The van der Waals surface area contributed by atoms with Crippen molar-refractivity contribution in [2.24, 2.45) is 17.9 Å². The number of oxime groups is 1. The maximum atomic E-state index is 12.2. The minimum absolute atomic E-state index is 0.0532. The van der Waals surface area contributed by atoms with Crippen molar-refractivity contribution in [2.75, 3.05) is 4.72 Å². The molecule has 0 saturated carbocycles. The van der Waals surface area contributed by atoms with Gasteiger partial charge in [-0.2, -0.15) is 5.10 Å². The van der Waals surface area contributed by atoms with Crippen LogP contribution >= 0.6 is 15.9 Å². The number of benzene rings is 1. The van der Waals surface area contributed by atoms with E-state index in [1.54, 1.807) is 7.05 Å². The van der Waals surface area contributed by atoms with Crippen LogP contribution in [0.3, 0.4) is 0 Å². The Morgan fingerprint density at radius 3 is 2.76 bits per heavy atom. The highest BCUT2D eigenvalue weighted by Crippen LogP contribution is 2.26. The maximum absolute atomic E-state index is 12.2. The van der Waals surface area contributed by atoms with Crippen LogP contribution in [0.15, 0.2) is 45.1 Å². The van der Waals surface area contributed by atoms with E-state index in [9.17, 15) is 8.42 Å². The fourth-order valence-corrected chi connectivity index (χ4v) is 3.23. The van der Waals surface area contributed by atoms with Gasteiger partial charge in [-0.05, 0) is 34.1 Å². The zero-order valence-corrected chi connectivity index (χ0v) is 13.3. The number of nitrogens with two attached hydrogens (primary N) is 1. The van der Waals surface area contributed by atoms with Crippen molar-refractivity contribution in [1.29, 1.82) is 0 Å². The third kappa shape index (κ3) is 3.34. The molecule has 1 heterocycles. The molecule has 10 heteroatoms. The fraction of sp³-hybridized carbons (Fsp3) is 0.0909. The number of hydrogen-bond acceptors (Lipinski definition) is 5. The summed E-state index contributed by atoms with van der Waals surface area (Å²) in [6.45, 7) is 0. The third-order valence-corrected chi connectivity index (χ3v) is 4.58. The summed E-state index contributed by atoms with van der Waals surface area (Å²) in [6, 6.07) is 4.57. The molecule has 112 valence electrons. The first-order chi connectivity index (χ1) is 9.83. The Hall–Kier alpha value is -2.07. The van der Waals surface area contributed by atoms with Crippen LogP contribution in [-0.4, -0.2) is 29.2 Å². The van der Waals surface area contributed by atoms with Gasteiger partial charge in [0.05, 0.1) is 11.9 Å². The van der Waals surface area contributed by atoms with Gasteiger partial charge >= 0.3 is 0 Å². The second kappa shape index (κ2) is 5.74. The van der Waals surface area contributed by atoms with E-state index < -0.39 is 10.0 Å². The van der Waals surface area contributed by atoms with E-state index in [0.717, 1.165) is 0 Å². The molecule has 0 bridgehead atoms. The first-order valence-corrected chi connectivity index (χ1v) is 7.90. The van der Waals surface area contributed by atoms with Gasteiger partial charge in [-0.25, -0.2) is 8.42 Å². The molecular weight excluding hydrogens is 362 g/mol. The van der Waals surface area contributed by atoms with E-state index in [1.807, 2.05) is 0 Å². The molecule has 1 aromatic carbocycles. The number of amidine groups is 1. The van der Waals surface area contributed by atoms with Gasteiger partial charge in [-0.1, -0.05) is 5.16 Å². The number of aromatic nitrogens is 2. The third-order valence-electron chi connectivity index (χ3n) is 2.61. The van der Waals surface area contributed by atoms with Crippen LogP contribution in [0.25, 0.3) is 0 Å². The zero-order valence-electron chi connectivity index (χ0n) is 10.9. The Balaban J connectivity index is 2.32. The maximum Gasteiger partial charge on any atom is 0.265 e. The second-order valence-corrected chi connectivity index (χ2v) is 6.67. The van der Waals surface area contributed by atoms with Gasteiger partial charge in [-0.15, -0.1) is 0 Å². The topological polar surface area (TPSA) is 123 Å². The molecule has 0 fully saturated rings. The van der Waals surface area contributed by atoms with Gasteiger partial charge in [0.15, 0.2) is 5.84 Å². The predicted octanol–water partition coefficient (Wildman–Crippen LogP) is 1.08. The van der Waals surface area contributed by atoms with Crippen molar-refractivity contribution in [3.05, 3.63) is 40.6 Å². The molecule has 0 spiro atoms. The van der Waals surface area contributed by atoms with Crippen LogP contribution in [0.4, 0.5) is 5.69 Å². The average Bonchev–Trinajstić information content (AvgIpc) is 2.87. The SMILES string of the molecule is Cn1cc(S(=O)(=O)Nc2ccc(/C(N)=N/O)cc2Br)cn1. The average molecular weight is 374 g/mol. The van der Waals surface area contributed by atoms with Crippen LogP contribution in [0.2, 0.25) is 0 Å². The molecule has 4 N–H and O–H groups in total. The monoisotopic (exact) mass is 373 g/mol. The van der Waals surface area contributed by atoms with Gasteiger partial charge in [0.25, 0.3) is 10.0 Å². The van der Waals surface area contributed by atoms with Crippen LogP contribution in [0, 0.1) is 0 Å². The lowest BCUT2D eigenvalue weighted by atomic mass is 10.2. The number of aryl methyl sites for hydroxylation is 1. The van der Waals surface area contributed by atoms with Gasteiger partial charge < -0.3 is 10.9 Å². The number of rotatable bonds is 4. The Morgan fingerprint density at radius 1 is 1.52 bits per heavy atom. The quantitative estimate of drug-likeness (QED) is 0.320. The lowest BCUT2D eigenvalue weighted by molar-refractivity contribution is 0.318. The van der Waals surface area contributed by atoms with E-state index in [4.69, 9.17) is 10.9 Å². The van der Waals surface area contributed by atoms with Crippen LogP contribution in [0.5, 0.6) is 0 Å². The number of nitrogens with zero attached hydrogens (tertiary/aromatic N) is 3. The van der Waals surface area contributed by atoms with Gasteiger partial charge in [0.1, 0.15) is 4.90 Å². The summed E-state index contributed by atoms with van der Waals surface area (Å²) >= 11 is 3.24. The lowest BCUT2D eigenvalue weighted by Gasteiger charge is -2.09. The van der Waals surface area contributed by atoms with E-state index in [0.29, 0.717) is 15.7 Å². The molecule has 0 atom stereocenters. The highest BCUT2D eigenvalue weighted by atomic mass is 79.9. The number of hydrogen-bond donors (Lipinski definition) is 3. The predicted molar refractivity (Wildman–Crippen MR) is 80.7 cm³/mol. The van der Waals surface area contributed by atoms with Crippen LogP contribution in [-0.2, 0) is 17.1 Å². The number of nitrogens with one attached hydrogen (secondary N) is 1. The standard InChI is InChI=1S/C11H12BrN5O3S/c1-17-6-8(5-14-17)21(19,20)16-10-3-2-7(4-9(10)12)11(13)15-18/h2-6,16,18H,1H3,(H2,13,15). The molecule has 0 saturated heterocycles. The van der Waals surface area contributed by atoms with Crippen LogP contribution < -0.4 is 10.5 Å². The van der Waals surface area contributed by atoms with Crippen molar-refractivity contribution in [2.45, 2.75) is 4.90 Å². The molecule has 0 unspecified atom stereocenters. The van der Waals surface area contributed by atoms with Crippen molar-refractivity contribution >= 4 is 37.5 Å². The lowest BCUT2D eigenvalue weighted by Crippen LogP contribution is -2.15. The van der Waals surface area contributed by atoms with Crippen molar-refractivity contribution in [1.82, 2.24) is 9.78 Å².